The molecular formula is C36H31F5N6O5. The van der Waals surface area contributed by atoms with E-state index in [9.17, 15) is 36.3 Å². The van der Waals surface area contributed by atoms with E-state index in [0.29, 0.717) is 37.5 Å². The fraction of sp³-hybridized carbons (Fsp3) is 0.333. The minimum Gasteiger partial charge on any atom is -0.494 e. The molecule has 0 aromatic heterocycles. The van der Waals surface area contributed by atoms with E-state index >= 15 is 0 Å². The number of ether oxygens (including phenoxy) is 2. The van der Waals surface area contributed by atoms with E-state index in [0.717, 1.165) is 33.9 Å². The molecular weight excluding hydrogens is 691 g/mol. The summed E-state index contributed by atoms with van der Waals surface area (Å²) in [7, 11) is 0. The lowest BCUT2D eigenvalue weighted by atomic mass is 9.77. The lowest BCUT2D eigenvalue weighted by Gasteiger charge is -2.30. The molecule has 0 bridgehead atoms. The molecule has 3 aromatic carbocycles. The van der Waals surface area contributed by atoms with Crippen molar-refractivity contribution in [2.24, 2.45) is 21.4 Å². The Balaban J connectivity index is 1.19. The van der Waals surface area contributed by atoms with E-state index in [1.54, 1.807) is 12.1 Å². The zero-order chi connectivity index (χ0) is 36.8. The van der Waals surface area contributed by atoms with Gasteiger partial charge in [-0.15, -0.1) is 0 Å². The van der Waals surface area contributed by atoms with Crippen molar-refractivity contribution in [1.82, 2.24) is 10.0 Å². The zero-order valence-corrected chi connectivity index (χ0v) is 27.9. The minimum atomic E-state index is -2.45. The van der Waals surface area contributed by atoms with Crippen molar-refractivity contribution in [2.75, 3.05) is 24.7 Å². The van der Waals surface area contributed by atoms with Crippen LogP contribution < -0.4 is 14.4 Å². The molecule has 3 aromatic rings. The number of rotatable bonds is 9. The second-order valence-electron chi connectivity index (χ2n) is 12.5. The summed E-state index contributed by atoms with van der Waals surface area (Å²) in [6.45, 7) is 4.10. The summed E-state index contributed by atoms with van der Waals surface area (Å²) < 4.78 is 82.4. The van der Waals surface area contributed by atoms with Gasteiger partial charge in [0.15, 0.2) is 35.4 Å². The van der Waals surface area contributed by atoms with Gasteiger partial charge in [0.1, 0.15) is 23.7 Å². The normalized spacial score (nSPS) is 23.0. The molecule has 3 amide bonds. The highest BCUT2D eigenvalue weighted by molar-refractivity contribution is 6.25. The third-order valence-electron chi connectivity index (χ3n) is 9.39. The molecule has 0 N–H and O–H groups in total. The van der Waals surface area contributed by atoms with Crippen LogP contribution in [0.3, 0.4) is 0 Å². The third-order valence-corrected chi connectivity index (χ3v) is 9.39. The first kappa shape index (κ1) is 34.8. The van der Waals surface area contributed by atoms with Crippen molar-refractivity contribution in [3.8, 4) is 11.5 Å². The van der Waals surface area contributed by atoms with Gasteiger partial charge in [0.2, 0.25) is 5.82 Å². The molecule has 3 aliphatic heterocycles. The van der Waals surface area contributed by atoms with Gasteiger partial charge in [-0.3, -0.25) is 19.4 Å². The van der Waals surface area contributed by atoms with Gasteiger partial charge in [0.05, 0.1) is 25.0 Å². The van der Waals surface area contributed by atoms with Gasteiger partial charge in [-0.25, -0.2) is 31.9 Å². The van der Waals surface area contributed by atoms with Crippen LogP contribution in [0.5, 0.6) is 11.5 Å². The largest absolute Gasteiger partial charge is 0.494 e. The average molecular weight is 723 g/mol. The number of fused-ring (bicyclic) bond motifs is 2. The van der Waals surface area contributed by atoms with Crippen LogP contribution in [0.4, 0.5) is 27.6 Å². The first-order valence-electron chi connectivity index (χ1n) is 16.7. The average Bonchev–Trinajstić information content (AvgIpc) is 3.81. The molecule has 3 heterocycles. The Hall–Kier alpha value is -5.67. The molecule has 2 fully saturated rings. The van der Waals surface area contributed by atoms with E-state index in [1.165, 1.54) is 5.01 Å². The smallest absolute Gasteiger partial charge is 0.264 e. The molecule has 4 atom stereocenters. The molecule has 0 unspecified atom stereocenters. The maximum atomic E-state index is 14.7. The quantitative estimate of drug-likeness (QED) is 0.111. The van der Waals surface area contributed by atoms with Gasteiger partial charge in [-0.05, 0) is 80.2 Å². The van der Waals surface area contributed by atoms with E-state index in [2.05, 4.69) is 10.3 Å². The van der Waals surface area contributed by atoms with Crippen LogP contribution in [0, 0.1) is 35.0 Å². The van der Waals surface area contributed by atoms with E-state index < -0.39 is 77.2 Å². The Morgan fingerprint density at radius 3 is 2.04 bits per heavy atom. The summed E-state index contributed by atoms with van der Waals surface area (Å²) in [5.41, 5.74) is 1.59. The van der Waals surface area contributed by atoms with Crippen LogP contribution in [0.25, 0.3) is 6.08 Å². The number of imide groups is 1. The van der Waals surface area contributed by atoms with Gasteiger partial charge in [0, 0.05) is 5.92 Å². The Bertz CT molecular complexity index is 2010. The highest BCUT2D eigenvalue weighted by Crippen LogP contribution is 2.45. The SMILES string of the molecule is CCOc1ccc(/C=C2\CCC[C@@H]3C2=NN(C(=O)CN2N=N[C@@H]4C(=O)N(c5c(F)c(F)c(F)c(F)c5F)C(=O)[C@H]42)[C@@H]3c2ccc(OCC)cc2)cc1. The zero-order valence-electron chi connectivity index (χ0n) is 27.9. The minimum absolute atomic E-state index is 0.132. The van der Waals surface area contributed by atoms with Crippen molar-refractivity contribution >= 4 is 35.2 Å². The van der Waals surface area contributed by atoms with Gasteiger partial charge >= 0.3 is 0 Å². The molecule has 52 heavy (non-hydrogen) atoms. The molecule has 1 saturated carbocycles. The maximum Gasteiger partial charge on any atom is 0.264 e. The summed E-state index contributed by atoms with van der Waals surface area (Å²) in [6.07, 6.45) is 4.24. The van der Waals surface area contributed by atoms with Crippen LogP contribution in [0.15, 0.2) is 69.5 Å². The highest BCUT2D eigenvalue weighted by atomic mass is 19.2. The van der Waals surface area contributed by atoms with Gasteiger partial charge in [-0.1, -0.05) is 29.5 Å². The summed E-state index contributed by atoms with van der Waals surface area (Å²) in [5.74, 6) is -14.0. The monoisotopic (exact) mass is 722 g/mol. The number of hydrogen-bond acceptors (Lipinski definition) is 9. The Kier molecular flexibility index (Phi) is 9.23. The topological polar surface area (TPSA) is 116 Å². The van der Waals surface area contributed by atoms with Crippen LogP contribution in [0.2, 0.25) is 0 Å². The Morgan fingerprint density at radius 1 is 0.827 bits per heavy atom. The Labute approximate surface area is 294 Å². The molecule has 7 rings (SSSR count). The summed E-state index contributed by atoms with van der Waals surface area (Å²) >= 11 is 0. The molecule has 1 saturated heterocycles. The summed E-state index contributed by atoms with van der Waals surface area (Å²) in [6, 6.07) is 10.9. The summed E-state index contributed by atoms with van der Waals surface area (Å²) in [5, 5.41) is 14.6. The number of benzene rings is 3. The third kappa shape index (κ3) is 5.84. The number of anilines is 1. The number of carbonyl (C=O) groups excluding carboxylic acids is 3. The number of amides is 3. The molecule has 0 spiro atoms. The molecule has 4 aliphatic rings. The predicted molar refractivity (Wildman–Crippen MR) is 175 cm³/mol. The van der Waals surface area contributed by atoms with Crippen LogP contribution in [0.1, 0.15) is 50.3 Å². The maximum absolute atomic E-state index is 14.7. The van der Waals surface area contributed by atoms with E-state index in [4.69, 9.17) is 14.6 Å². The van der Waals surface area contributed by atoms with E-state index in [1.807, 2.05) is 56.3 Å². The standard InChI is InChI=1S/C36H31F5N6O5/c1-3-51-21-12-8-18(9-13-21)16-20-6-5-7-23-30(20)43-47(32(23)19-10-14-22(15-11-19)52-4-2)24(48)17-45-34-31(42-44-45)35(49)46(36(34)50)33-28(40)26(38)25(37)27(39)29(33)41/h8-16,23,31-32,34H,3-7,17H2,1-2H3/b20-16+/t23-,31+,32-,34+/m1/s1. The van der Waals surface area contributed by atoms with Crippen LogP contribution in [-0.2, 0) is 14.4 Å². The first-order valence-corrected chi connectivity index (χ1v) is 16.7. The van der Waals surface area contributed by atoms with Gasteiger partial charge in [-0.2, -0.15) is 10.2 Å². The molecule has 1 aliphatic carbocycles. The molecule has 270 valence electrons. The van der Waals surface area contributed by atoms with Crippen molar-refractivity contribution in [1.29, 1.82) is 0 Å². The fourth-order valence-corrected chi connectivity index (χ4v) is 7.07. The predicted octanol–water partition coefficient (Wildman–Crippen LogP) is 6.30. The highest BCUT2D eigenvalue weighted by Gasteiger charge is 2.57. The fourth-order valence-electron chi connectivity index (χ4n) is 7.07. The van der Waals surface area contributed by atoms with Crippen molar-refractivity contribution in [2.45, 2.75) is 51.2 Å². The lowest BCUT2D eigenvalue weighted by Crippen LogP contribution is -2.45. The number of allylic oxidation sites excluding steroid dienone is 1. The van der Waals surface area contributed by atoms with E-state index in [-0.39, 0.29) is 10.8 Å². The lowest BCUT2D eigenvalue weighted by molar-refractivity contribution is -0.136. The van der Waals surface area contributed by atoms with Crippen molar-refractivity contribution in [3.63, 3.8) is 0 Å². The summed E-state index contributed by atoms with van der Waals surface area (Å²) in [4.78, 5) is 40.6. The van der Waals surface area contributed by atoms with Gasteiger partial charge < -0.3 is 9.47 Å². The molecule has 16 heteroatoms. The van der Waals surface area contributed by atoms with Crippen molar-refractivity contribution < 1.29 is 45.8 Å². The molecule has 11 nitrogen and oxygen atoms in total. The number of carbonyl (C=O) groups is 3. The van der Waals surface area contributed by atoms with Crippen LogP contribution in [-0.4, -0.2) is 65.3 Å². The number of nitrogens with zero attached hydrogens (tertiary/aromatic N) is 6. The second-order valence-corrected chi connectivity index (χ2v) is 12.5. The van der Waals surface area contributed by atoms with Crippen LogP contribution >= 0.6 is 0 Å². The first-order chi connectivity index (χ1) is 25.0. The van der Waals surface area contributed by atoms with Gasteiger partial charge in [0.25, 0.3) is 17.7 Å². The van der Waals surface area contributed by atoms with Crippen molar-refractivity contribution in [3.05, 3.63) is 94.3 Å². The number of hydrogen-bond donors (Lipinski definition) is 0. The Morgan fingerprint density at radius 2 is 1.42 bits per heavy atom. The number of halogens is 5. The number of hydrazone groups is 1. The molecule has 0 radical (unpaired) electrons. The second kappa shape index (κ2) is 13.8.